The van der Waals surface area contributed by atoms with Gasteiger partial charge in [0.1, 0.15) is 5.72 Å². The lowest BCUT2D eigenvalue weighted by Crippen LogP contribution is -2.75. The zero-order chi connectivity index (χ0) is 12.1. The summed E-state index contributed by atoms with van der Waals surface area (Å²) in [5.74, 6) is 0.127. The van der Waals surface area contributed by atoms with Gasteiger partial charge in [-0.3, -0.25) is 4.79 Å². The molecule has 4 heteroatoms. The summed E-state index contributed by atoms with van der Waals surface area (Å²) in [4.78, 5) is 14.0. The summed E-state index contributed by atoms with van der Waals surface area (Å²) in [5, 5.41) is 0. The van der Waals surface area contributed by atoms with Crippen molar-refractivity contribution in [3.8, 4) is 0 Å². The number of rotatable bonds is 2. The molecule has 0 spiro atoms. The van der Waals surface area contributed by atoms with Gasteiger partial charge in [-0.2, -0.15) is 0 Å². The lowest BCUT2D eigenvalue weighted by atomic mass is 9.72. The van der Waals surface area contributed by atoms with Crippen LogP contribution in [0.3, 0.4) is 0 Å². The van der Waals surface area contributed by atoms with Crippen molar-refractivity contribution in [1.29, 1.82) is 0 Å². The molecule has 2 saturated heterocycles. The fraction of sp³-hybridized carbons (Fsp3) is 0.917. The van der Waals surface area contributed by atoms with Crippen LogP contribution in [0.15, 0.2) is 0 Å². The molecule has 0 unspecified atom stereocenters. The van der Waals surface area contributed by atoms with Crippen LogP contribution in [0.25, 0.3) is 0 Å². The highest BCUT2D eigenvalue weighted by Gasteiger charge is 2.60. The first kappa shape index (κ1) is 11.9. The number of carbonyl (C=O) groups excluding carboxylic acids is 1. The zero-order valence-electron chi connectivity index (χ0n) is 10.7. The maximum Gasteiger partial charge on any atom is 0.233 e. The number of β-lactam (4-membered cyclic amide) rings is 1. The average Bonchev–Trinajstić information content (AvgIpc) is 2.14. The first-order valence-corrected chi connectivity index (χ1v) is 5.83. The fourth-order valence-corrected chi connectivity index (χ4v) is 2.89. The molecular formula is C12H21NO3. The molecule has 92 valence electrons. The Bertz CT molecular complexity index is 311. The van der Waals surface area contributed by atoms with E-state index in [1.54, 1.807) is 7.11 Å². The predicted octanol–water partition coefficient (Wildman–Crippen LogP) is 1.39. The SMILES string of the molecule is COC(C)(C)[C@H]1C(=O)N2[C@@H]1CCOC2(C)C. The molecule has 1 amide bonds. The van der Waals surface area contributed by atoms with Crippen LogP contribution in [-0.2, 0) is 14.3 Å². The Labute approximate surface area is 96.9 Å². The molecule has 0 aromatic rings. The van der Waals surface area contributed by atoms with E-state index in [-0.39, 0.29) is 23.5 Å². The largest absolute Gasteiger partial charge is 0.378 e. The number of hydrogen-bond donors (Lipinski definition) is 0. The summed E-state index contributed by atoms with van der Waals surface area (Å²) in [5.41, 5.74) is -0.841. The van der Waals surface area contributed by atoms with Crippen molar-refractivity contribution in [2.75, 3.05) is 13.7 Å². The van der Waals surface area contributed by atoms with Gasteiger partial charge in [-0.15, -0.1) is 0 Å². The van der Waals surface area contributed by atoms with E-state index in [0.717, 1.165) is 13.0 Å². The summed E-state index contributed by atoms with van der Waals surface area (Å²) >= 11 is 0. The molecule has 0 saturated carbocycles. The lowest BCUT2D eigenvalue weighted by molar-refractivity contribution is -0.250. The molecule has 2 aliphatic rings. The molecule has 0 aromatic carbocycles. The minimum Gasteiger partial charge on any atom is -0.378 e. The highest BCUT2D eigenvalue weighted by Crippen LogP contribution is 2.45. The first-order chi connectivity index (χ1) is 7.31. The second kappa shape index (κ2) is 3.44. The Balaban J connectivity index is 2.21. The molecule has 16 heavy (non-hydrogen) atoms. The lowest BCUT2D eigenvalue weighted by Gasteiger charge is -2.60. The molecule has 2 heterocycles. The molecule has 2 fully saturated rings. The molecule has 0 bridgehead atoms. The van der Waals surface area contributed by atoms with Crippen LogP contribution in [0, 0.1) is 5.92 Å². The molecular weight excluding hydrogens is 206 g/mol. The molecule has 0 radical (unpaired) electrons. The van der Waals surface area contributed by atoms with Crippen LogP contribution in [0.1, 0.15) is 34.1 Å². The van der Waals surface area contributed by atoms with E-state index in [1.807, 2.05) is 32.6 Å². The highest BCUT2D eigenvalue weighted by atomic mass is 16.5. The van der Waals surface area contributed by atoms with Crippen LogP contribution in [0.4, 0.5) is 0 Å². The molecule has 2 atom stereocenters. The van der Waals surface area contributed by atoms with E-state index in [9.17, 15) is 4.79 Å². The normalized spacial score (nSPS) is 33.3. The summed E-state index contributed by atoms with van der Waals surface area (Å²) in [6.45, 7) is 8.59. The summed E-state index contributed by atoms with van der Waals surface area (Å²) in [6.07, 6.45) is 0.909. The van der Waals surface area contributed by atoms with Gasteiger partial charge < -0.3 is 14.4 Å². The molecule has 0 aliphatic carbocycles. The molecule has 0 N–H and O–H groups in total. The Morgan fingerprint density at radius 3 is 2.69 bits per heavy atom. The van der Waals surface area contributed by atoms with E-state index in [1.165, 1.54) is 0 Å². The number of amides is 1. The van der Waals surface area contributed by atoms with E-state index in [2.05, 4.69) is 0 Å². The Morgan fingerprint density at radius 1 is 1.50 bits per heavy atom. The van der Waals surface area contributed by atoms with Gasteiger partial charge in [0.2, 0.25) is 5.91 Å². The van der Waals surface area contributed by atoms with Gasteiger partial charge in [-0.1, -0.05) is 0 Å². The van der Waals surface area contributed by atoms with E-state index in [0.29, 0.717) is 0 Å². The van der Waals surface area contributed by atoms with Crippen molar-refractivity contribution in [3.05, 3.63) is 0 Å². The molecule has 2 aliphatic heterocycles. The van der Waals surface area contributed by atoms with Crippen LogP contribution < -0.4 is 0 Å². The third kappa shape index (κ3) is 1.47. The maximum atomic E-state index is 12.2. The Morgan fingerprint density at radius 2 is 2.12 bits per heavy atom. The summed E-state index contributed by atoms with van der Waals surface area (Å²) in [6, 6.07) is 0.270. The predicted molar refractivity (Wildman–Crippen MR) is 59.9 cm³/mol. The van der Waals surface area contributed by atoms with Gasteiger partial charge in [0.25, 0.3) is 0 Å². The fourth-order valence-electron chi connectivity index (χ4n) is 2.89. The van der Waals surface area contributed by atoms with Crippen molar-refractivity contribution < 1.29 is 14.3 Å². The minimum absolute atomic E-state index is 0.0272. The number of ether oxygens (including phenoxy) is 2. The van der Waals surface area contributed by atoms with Crippen LogP contribution >= 0.6 is 0 Å². The Kier molecular flexibility index (Phi) is 2.55. The highest BCUT2D eigenvalue weighted by molar-refractivity contribution is 5.88. The Hall–Kier alpha value is -0.610. The summed E-state index contributed by atoms with van der Waals surface area (Å²) in [7, 11) is 1.67. The quantitative estimate of drug-likeness (QED) is 0.669. The van der Waals surface area contributed by atoms with Gasteiger partial charge >= 0.3 is 0 Å². The number of fused-ring (bicyclic) bond motifs is 1. The molecule has 2 rings (SSSR count). The molecule has 0 aromatic heterocycles. The van der Waals surface area contributed by atoms with Crippen LogP contribution in [0.5, 0.6) is 0 Å². The maximum absolute atomic E-state index is 12.2. The monoisotopic (exact) mass is 227 g/mol. The van der Waals surface area contributed by atoms with Crippen LogP contribution in [-0.4, -0.2) is 41.9 Å². The smallest absolute Gasteiger partial charge is 0.233 e. The van der Waals surface area contributed by atoms with Gasteiger partial charge in [-0.25, -0.2) is 0 Å². The van der Waals surface area contributed by atoms with Crippen molar-refractivity contribution >= 4 is 5.91 Å². The number of carbonyl (C=O) groups is 1. The van der Waals surface area contributed by atoms with Gasteiger partial charge in [0.05, 0.1) is 24.2 Å². The first-order valence-electron chi connectivity index (χ1n) is 5.83. The number of methoxy groups -OCH3 is 1. The van der Waals surface area contributed by atoms with Crippen molar-refractivity contribution in [3.63, 3.8) is 0 Å². The third-order valence-corrected chi connectivity index (χ3v) is 3.94. The minimum atomic E-state index is -0.458. The second-order valence-corrected chi connectivity index (χ2v) is 5.64. The second-order valence-electron chi connectivity index (χ2n) is 5.64. The van der Waals surface area contributed by atoms with Crippen molar-refractivity contribution in [2.45, 2.75) is 51.5 Å². The average molecular weight is 227 g/mol. The van der Waals surface area contributed by atoms with Gasteiger partial charge in [-0.05, 0) is 34.1 Å². The zero-order valence-corrected chi connectivity index (χ0v) is 10.7. The third-order valence-electron chi connectivity index (χ3n) is 3.94. The van der Waals surface area contributed by atoms with E-state index in [4.69, 9.17) is 9.47 Å². The van der Waals surface area contributed by atoms with Crippen LogP contribution in [0.2, 0.25) is 0 Å². The molecule has 4 nitrogen and oxygen atoms in total. The topological polar surface area (TPSA) is 38.8 Å². The summed E-state index contributed by atoms with van der Waals surface area (Å²) < 4.78 is 11.1. The number of hydrogen-bond acceptors (Lipinski definition) is 3. The van der Waals surface area contributed by atoms with E-state index >= 15 is 0 Å². The van der Waals surface area contributed by atoms with Gasteiger partial charge in [0, 0.05) is 7.11 Å². The van der Waals surface area contributed by atoms with Crippen molar-refractivity contribution in [2.24, 2.45) is 5.92 Å². The van der Waals surface area contributed by atoms with E-state index < -0.39 is 5.72 Å². The van der Waals surface area contributed by atoms with Gasteiger partial charge in [0.15, 0.2) is 0 Å². The standard InChI is InChI=1S/C12H21NO3/c1-11(2,15-5)9-8-6-7-16-12(3,4)13(8)10(9)14/h8-9H,6-7H2,1-5H3/t8-,9-/m1/s1. The van der Waals surface area contributed by atoms with Crippen molar-refractivity contribution in [1.82, 2.24) is 4.90 Å². The number of nitrogens with zero attached hydrogens (tertiary/aromatic N) is 1.